The highest BCUT2D eigenvalue weighted by atomic mass is 16.3. The quantitative estimate of drug-likeness (QED) is 0.803. The van der Waals surface area contributed by atoms with E-state index in [4.69, 9.17) is 0 Å². The van der Waals surface area contributed by atoms with Gasteiger partial charge in [0.2, 0.25) is 0 Å². The average Bonchev–Trinajstić information content (AvgIpc) is 2.46. The van der Waals surface area contributed by atoms with Crippen molar-refractivity contribution in [3.05, 3.63) is 30.5 Å². The summed E-state index contributed by atoms with van der Waals surface area (Å²) in [6, 6.07) is 7.37. The third-order valence-corrected chi connectivity index (χ3v) is 4.24. The van der Waals surface area contributed by atoms with Gasteiger partial charge in [-0.15, -0.1) is 0 Å². The number of nitrogens with one attached hydrogen (secondary N) is 2. The lowest BCUT2D eigenvalue weighted by atomic mass is 9.81. The van der Waals surface area contributed by atoms with Crippen LogP contribution >= 0.6 is 0 Å². The maximum absolute atomic E-state index is 9.66. The molecule has 0 radical (unpaired) electrons. The van der Waals surface area contributed by atoms with E-state index in [2.05, 4.69) is 22.5 Å². The van der Waals surface area contributed by atoms with Crippen LogP contribution in [-0.2, 0) is 0 Å². The number of fused-ring (bicyclic) bond motifs is 1. The fourth-order valence-electron chi connectivity index (χ4n) is 2.80. The van der Waals surface area contributed by atoms with E-state index in [1.165, 1.54) is 12.8 Å². The molecule has 0 bridgehead atoms. The van der Waals surface area contributed by atoms with E-state index >= 15 is 0 Å². The summed E-state index contributed by atoms with van der Waals surface area (Å²) in [6.45, 7) is 5.41. The Balaban J connectivity index is 1.82. The maximum atomic E-state index is 9.66. The van der Waals surface area contributed by atoms with Gasteiger partial charge in [-0.05, 0) is 54.9 Å². The van der Waals surface area contributed by atoms with E-state index in [0.717, 1.165) is 36.2 Å². The van der Waals surface area contributed by atoms with Crippen molar-refractivity contribution in [2.24, 2.45) is 5.41 Å². The van der Waals surface area contributed by atoms with Crippen LogP contribution in [0.1, 0.15) is 19.8 Å². The highest BCUT2D eigenvalue weighted by Crippen LogP contribution is 2.30. The topological polar surface area (TPSA) is 57.2 Å². The molecule has 1 saturated heterocycles. The molecule has 4 nitrogen and oxygen atoms in total. The van der Waals surface area contributed by atoms with Crippen LogP contribution in [0.25, 0.3) is 10.8 Å². The molecule has 0 aliphatic carbocycles. The van der Waals surface area contributed by atoms with Crippen molar-refractivity contribution >= 4 is 16.6 Å². The summed E-state index contributed by atoms with van der Waals surface area (Å²) >= 11 is 0. The van der Waals surface area contributed by atoms with E-state index in [1.807, 2.05) is 18.3 Å². The molecule has 106 valence electrons. The van der Waals surface area contributed by atoms with Crippen molar-refractivity contribution in [3.63, 3.8) is 0 Å². The molecule has 0 atom stereocenters. The molecule has 1 aliphatic rings. The minimum absolute atomic E-state index is 0.279. The number of piperidine rings is 1. The molecule has 2 heterocycles. The van der Waals surface area contributed by atoms with E-state index in [9.17, 15) is 5.11 Å². The van der Waals surface area contributed by atoms with Crippen molar-refractivity contribution in [1.29, 1.82) is 0 Å². The second-order valence-electron chi connectivity index (χ2n) is 5.98. The third kappa shape index (κ3) is 2.70. The SMILES string of the molecule is CC1(CNc2nccc3ccc(O)cc23)CCNCC1. The van der Waals surface area contributed by atoms with Crippen LogP contribution in [0.3, 0.4) is 0 Å². The first-order chi connectivity index (χ1) is 9.66. The fraction of sp³-hybridized carbons (Fsp3) is 0.438. The van der Waals surface area contributed by atoms with E-state index in [1.54, 1.807) is 12.1 Å². The number of nitrogens with zero attached hydrogens (tertiary/aromatic N) is 1. The summed E-state index contributed by atoms with van der Waals surface area (Å²) < 4.78 is 0. The number of pyridine rings is 1. The number of hydrogen-bond acceptors (Lipinski definition) is 4. The Kier molecular flexibility index (Phi) is 3.49. The second-order valence-corrected chi connectivity index (χ2v) is 5.98. The van der Waals surface area contributed by atoms with Crippen LogP contribution in [0.2, 0.25) is 0 Å². The Morgan fingerprint density at radius 3 is 2.90 bits per heavy atom. The Bertz CT molecular complexity index is 606. The largest absolute Gasteiger partial charge is 0.508 e. The van der Waals surface area contributed by atoms with Crippen LogP contribution in [0, 0.1) is 5.41 Å². The zero-order valence-corrected chi connectivity index (χ0v) is 11.8. The summed E-state index contributed by atoms with van der Waals surface area (Å²) in [4.78, 5) is 4.43. The van der Waals surface area contributed by atoms with Gasteiger partial charge in [-0.25, -0.2) is 4.98 Å². The third-order valence-electron chi connectivity index (χ3n) is 4.24. The van der Waals surface area contributed by atoms with Gasteiger partial charge in [0.25, 0.3) is 0 Å². The number of aromatic nitrogens is 1. The lowest BCUT2D eigenvalue weighted by Gasteiger charge is -2.34. The van der Waals surface area contributed by atoms with Gasteiger partial charge in [-0.2, -0.15) is 0 Å². The van der Waals surface area contributed by atoms with Gasteiger partial charge in [0, 0.05) is 18.1 Å². The zero-order chi connectivity index (χ0) is 14.0. The molecule has 1 fully saturated rings. The molecule has 0 spiro atoms. The van der Waals surface area contributed by atoms with Gasteiger partial charge in [0.05, 0.1) is 0 Å². The number of phenolic OH excluding ortho intramolecular Hbond substituents is 1. The molecule has 0 amide bonds. The summed E-state index contributed by atoms with van der Waals surface area (Å²) in [5, 5.41) is 18.6. The van der Waals surface area contributed by atoms with Crippen LogP contribution in [0.15, 0.2) is 30.5 Å². The number of hydrogen-bond donors (Lipinski definition) is 3. The molecule has 3 rings (SSSR count). The monoisotopic (exact) mass is 271 g/mol. The van der Waals surface area contributed by atoms with Crippen molar-refractivity contribution in [2.45, 2.75) is 19.8 Å². The molecule has 1 aliphatic heterocycles. The minimum atomic E-state index is 0.279. The lowest BCUT2D eigenvalue weighted by Crippen LogP contribution is -2.39. The first kappa shape index (κ1) is 13.2. The van der Waals surface area contributed by atoms with Crippen LogP contribution < -0.4 is 10.6 Å². The predicted octanol–water partition coefficient (Wildman–Crippen LogP) is 2.74. The van der Waals surface area contributed by atoms with Crippen molar-refractivity contribution in [1.82, 2.24) is 10.3 Å². The molecule has 1 aromatic carbocycles. The standard InChI is InChI=1S/C16H21N3O/c1-16(5-8-17-9-6-16)11-19-15-14-10-13(20)3-2-12(14)4-7-18-15/h2-4,7,10,17,20H,5-6,8-9,11H2,1H3,(H,18,19). The summed E-state index contributed by atoms with van der Waals surface area (Å²) in [5.74, 6) is 1.14. The highest BCUT2D eigenvalue weighted by molar-refractivity contribution is 5.92. The summed E-state index contributed by atoms with van der Waals surface area (Å²) in [5.41, 5.74) is 0.311. The predicted molar refractivity (Wildman–Crippen MR) is 82.1 cm³/mol. The Morgan fingerprint density at radius 1 is 1.30 bits per heavy atom. The van der Waals surface area contributed by atoms with Gasteiger partial charge in [-0.3, -0.25) is 0 Å². The second kappa shape index (κ2) is 5.29. The van der Waals surface area contributed by atoms with Crippen LogP contribution in [-0.4, -0.2) is 29.7 Å². The normalized spacial score (nSPS) is 18.1. The molecule has 4 heteroatoms. The fourth-order valence-corrected chi connectivity index (χ4v) is 2.80. The van der Waals surface area contributed by atoms with E-state index in [0.29, 0.717) is 5.41 Å². The van der Waals surface area contributed by atoms with Crippen molar-refractivity contribution < 1.29 is 5.11 Å². The number of phenols is 1. The summed E-state index contributed by atoms with van der Waals surface area (Å²) in [6.07, 6.45) is 4.17. The molecular weight excluding hydrogens is 250 g/mol. The molecule has 3 N–H and O–H groups in total. The van der Waals surface area contributed by atoms with Crippen molar-refractivity contribution in [3.8, 4) is 5.75 Å². The highest BCUT2D eigenvalue weighted by Gasteiger charge is 2.26. The van der Waals surface area contributed by atoms with Gasteiger partial charge in [0.15, 0.2) is 0 Å². The van der Waals surface area contributed by atoms with E-state index in [-0.39, 0.29) is 5.75 Å². The number of benzene rings is 1. The first-order valence-corrected chi connectivity index (χ1v) is 7.19. The number of rotatable bonds is 3. The molecule has 2 aromatic rings. The maximum Gasteiger partial charge on any atom is 0.133 e. The number of aromatic hydroxyl groups is 1. The molecule has 0 saturated carbocycles. The van der Waals surface area contributed by atoms with Gasteiger partial charge in [-0.1, -0.05) is 13.0 Å². The van der Waals surface area contributed by atoms with E-state index < -0.39 is 0 Å². The average molecular weight is 271 g/mol. The zero-order valence-electron chi connectivity index (χ0n) is 11.8. The molecular formula is C16H21N3O. The van der Waals surface area contributed by atoms with Gasteiger partial charge < -0.3 is 15.7 Å². The Hall–Kier alpha value is -1.81. The molecule has 20 heavy (non-hydrogen) atoms. The van der Waals surface area contributed by atoms with Crippen LogP contribution in [0.5, 0.6) is 5.75 Å². The molecule has 1 aromatic heterocycles. The van der Waals surface area contributed by atoms with Crippen molar-refractivity contribution in [2.75, 3.05) is 25.0 Å². The van der Waals surface area contributed by atoms with Gasteiger partial charge >= 0.3 is 0 Å². The summed E-state index contributed by atoms with van der Waals surface area (Å²) in [7, 11) is 0. The number of anilines is 1. The van der Waals surface area contributed by atoms with Crippen LogP contribution in [0.4, 0.5) is 5.82 Å². The van der Waals surface area contributed by atoms with Gasteiger partial charge in [0.1, 0.15) is 11.6 Å². The smallest absolute Gasteiger partial charge is 0.133 e. The molecule has 0 unspecified atom stereocenters. The minimum Gasteiger partial charge on any atom is -0.508 e. The Labute approximate surface area is 119 Å². The first-order valence-electron chi connectivity index (χ1n) is 7.19. The lowest BCUT2D eigenvalue weighted by molar-refractivity contribution is 0.247. The Morgan fingerprint density at radius 2 is 2.10 bits per heavy atom.